The molecule has 25 heavy (non-hydrogen) atoms. The van der Waals surface area contributed by atoms with E-state index in [2.05, 4.69) is 28.8 Å². The fraction of sp³-hybridized carbons (Fsp3) is 0.450. The summed E-state index contributed by atoms with van der Waals surface area (Å²) in [6, 6.07) is 8.04. The van der Waals surface area contributed by atoms with Gasteiger partial charge in [-0.05, 0) is 37.6 Å². The molecular weight excluding hydrogens is 314 g/mol. The van der Waals surface area contributed by atoms with Crippen LogP contribution >= 0.6 is 0 Å². The first-order valence-electron chi connectivity index (χ1n) is 8.79. The number of aliphatic hydroxyl groups excluding tert-OH is 1. The van der Waals surface area contributed by atoms with Crippen molar-refractivity contribution in [3.63, 3.8) is 0 Å². The summed E-state index contributed by atoms with van der Waals surface area (Å²) in [7, 11) is 1.67. The summed E-state index contributed by atoms with van der Waals surface area (Å²) < 4.78 is 7.22. The molecule has 134 valence electrons. The number of aromatic nitrogens is 2. The number of piperidine rings is 1. The van der Waals surface area contributed by atoms with Gasteiger partial charge in [0.15, 0.2) is 0 Å². The van der Waals surface area contributed by atoms with Gasteiger partial charge in [-0.3, -0.25) is 9.58 Å². The third-order valence-corrected chi connectivity index (χ3v) is 4.95. The van der Waals surface area contributed by atoms with Gasteiger partial charge >= 0.3 is 0 Å². The molecule has 0 amide bonds. The van der Waals surface area contributed by atoms with Crippen LogP contribution in [0.4, 0.5) is 0 Å². The molecule has 1 fully saturated rings. The summed E-state index contributed by atoms with van der Waals surface area (Å²) >= 11 is 0. The molecule has 0 aliphatic carbocycles. The first kappa shape index (κ1) is 17.7. The number of β-amino-alcohol motifs (C(OH)–C–C–N with tert-alkyl or cyclic N) is 1. The maximum absolute atomic E-state index is 10.7. The van der Waals surface area contributed by atoms with E-state index in [0.717, 1.165) is 43.1 Å². The van der Waals surface area contributed by atoms with Crippen LogP contribution in [0.2, 0.25) is 0 Å². The molecule has 3 rings (SSSR count). The van der Waals surface area contributed by atoms with Gasteiger partial charge in [0.05, 0.1) is 25.5 Å². The standard InChI is InChI=1S/C20H27N3O2/c1-4-9-23-13-17(15(2)21-23)12-22-10-8-19(20(24)14-22)16-6-5-7-18(11-16)25-3/h4-7,11,13,19-20,24H,1,8-10,12,14H2,2-3H3/t19-,20+/m0/s1. The highest BCUT2D eigenvalue weighted by Gasteiger charge is 2.29. The molecule has 0 radical (unpaired) electrons. The summed E-state index contributed by atoms with van der Waals surface area (Å²) in [4.78, 5) is 2.31. The van der Waals surface area contributed by atoms with Gasteiger partial charge in [-0.15, -0.1) is 6.58 Å². The molecular formula is C20H27N3O2. The first-order chi connectivity index (χ1) is 12.1. The SMILES string of the molecule is C=CCn1cc(CN2CC[C@@H](c3cccc(OC)c3)[C@H](O)C2)c(C)n1. The number of likely N-dealkylation sites (tertiary alicyclic amines) is 1. The maximum Gasteiger partial charge on any atom is 0.119 e. The van der Waals surface area contributed by atoms with E-state index in [9.17, 15) is 5.11 Å². The third-order valence-electron chi connectivity index (χ3n) is 4.95. The Labute approximate surface area is 149 Å². The highest BCUT2D eigenvalue weighted by molar-refractivity contribution is 5.32. The highest BCUT2D eigenvalue weighted by atomic mass is 16.5. The monoisotopic (exact) mass is 341 g/mol. The van der Waals surface area contributed by atoms with E-state index < -0.39 is 0 Å². The number of hydrogen-bond acceptors (Lipinski definition) is 4. The summed E-state index contributed by atoms with van der Waals surface area (Å²) in [6.07, 6.45) is 4.50. The minimum atomic E-state index is -0.371. The van der Waals surface area contributed by atoms with Crippen LogP contribution in [0.15, 0.2) is 43.1 Å². The number of methoxy groups -OCH3 is 1. The van der Waals surface area contributed by atoms with Crippen molar-refractivity contribution < 1.29 is 9.84 Å². The van der Waals surface area contributed by atoms with Crippen molar-refractivity contribution in [3.8, 4) is 5.75 Å². The zero-order chi connectivity index (χ0) is 17.8. The van der Waals surface area contributed by atoms with E-state index in [1.807, 2.05) is 35.9 Å². The lowest BCUT2D eigenvalue weighted by Crippen LogP contribution is -2.42. The predicted octanol–water partition coefficient (Wildman–Crippen LogP) is 2.74. The van der Waals surface area contributed by atoms with Crippen LogP contribution in [-0.2, 0) is 13.1 Å². The lowest BCUT2D eigenvalue weighted by molar-refractivity contribution is 0.0475. The second-order valence-corrected chi connectivity index (χ2v) is 6.72. The average molecular weight is 341 g/mol. The maximum atomic E-state index is 10.7. The molecule has 2 heterocycles. The summed E-state index contributed by atoms with van der Waals surface area (Å²) in [5, 5.41) is 15.2. The molecule has 0 spiro atoms. The van der Waals surface area contributed by atoms with E-state index in [1.54, 1.807) is 7.11 Å². The van der Waals surface area contributed by atoms with Crippen LogP contribution in [0.1, 0.15) is 29.2 Å². The Kier molecular flexibility index (Phi) is 5.56. The zero-order valence-electron chi connectivity index (χ0n) is 15.1. The predicted molar refractivity (Wildman–Crippen MR) is 98.8 cm³/mol. The van der Waals surface area contributed by atoms with Crippen molar-refractivity contribution in [1.82, 2.24) is 14.7 Å². The van der Waals surface area contributed by atoms with Crippen LogP contribution in [0.3, 0.4) is 0 Å². The van der Waals surface area contributed by atoms with Gasteiger partial charge in [0.1, 0.15) is 5.75 Å². The fourth-order valence-electron chi connectivity index (χ4n) is 3.58. The number of benzene rings is 1. The number of hydrogen-bond donors (Lipinski definition) is 1. The van der Waals surface area contributed by atoms with Crippen LogP contribution in [0.25, 0.3) is 0 Å². The topological polar surface area (TPSA) is 50.5 Å². The molecule has 1 N–H and O–H groups in total. The van der Waals surface area contributed by atoms with Gasteiger partial charge in [-0.2, -0.15) is 5.10 Å². The summed E-state index contributed by atoms with van der Waals surface area (Å²) in [5.74, 6) is 1.01. The second-order valence-electron chi connectivity index (χ2n) is 6.72. The minimum Gasteiger partial charge on any atom is -0.497 e. The Bertz CT molecular complexity index is 725. The first-order valence-corrected chi connectivity index (χ1v) is 8.79. The van der Waals surface area contributed by atoms with Crippen molar-refractivity contribution in [2.75, 3.05) is 20.2 Å². The van der Waals surface area contributed by atoms with E-state index in [1.165, 1.54) is 5.56 Å². The lowest BCUT2D eigenvalue weighted by atomic mass is 9.87. The molecule has 0 saturated carbocycles. The van der Waals surface area contributed by atoms with Crippen molar-refractivity contribution in [2.24, 2.45) is 0 Å². The van der Waals surface area contributed by atoms with E-state index in [0.29, 0.717) is 6.54 Å². The minimum absolute atomic E-state index is 0.163. The normalized spacial score (nSPS) is 21.2. The van der Waals surface area contributed by atoms with E-state index in [-0.39, 0.29) is 12.0 Å². The molecule has 2 aromatic rings. The Morgan fingerprint density at radius 1 is 1.44 bits per heavy atom. The van der Waals surface area contributed by atoms with Gasteiger partial charge in [0.2, 0.25) is 0 Å². The molecule has 5 heteroatoms. The number of aliphatic hydroxyl groups is 1. The van der Waals surface area contributed by atoms with Crippen LogP contribution in [0, 0.1) is 6.92 Å². The molecule has 1 saturated heterocycles. The summed E-state index contributed by atoms with van der Waals surface area (Å²) in [5.41, 5.74) is 3.42. The van der Waals surface area contributed by atoms with Crippen molar-refractivity contribution in [3.05, 3.63) is 59.9 Å². The molecule has 1 aromatic heterocycles. The van der Waals surface area contributed by atoms with Gasteiger partial charge in [0, 0.05) is 30.8 Å². The van der Waals surface area contributed by atoms with Gasteiger partial charge in [0.25, 0.3) is 0 Å². The largest absolute Gasteiger partial charge is 0.497 e. The Balaban J connectivity index is 1.64. The van der Waals surface area contributed by atoms with Crippen LogP contribution < -0.4 is 4.74 Å². The fourth-order valence-corrected chi connectivity index (χ4v) is 3.58. The molecule has 0 unspecified atom stereocenters. The van der Waals surface area contributed by atoms with Gasteiger partial charge in [-0.25, -0.2) is 0 Å². The number of aryl methyl sites for hydroxylation is 1. The Morgan fingerprint density at radius 3 is 3.00 bits per heavy atom. The number of nitrogens with zero attached hydrogens (tertiary/aromatic N) is 3. The quantitative estimate of drug-likeness (QED) is 0.821. The number of ether oxygens (including phenoxy) is 1. The van der Waals surface area contributed by atoms with Crippen molar-refractivity contribution in [1.29, 1.82) is 0 Å². The van der Waals surface area contributed by atoms with E-state index in [4.69, 9.17) is 4.74 Å². The zero-order valence-corrected chi connectivity index (χ0v) is 15.1. The molecule has 2 atom stereocenters. The number of allylic oxidation sites excluding steroid dienone is 1. The Morgan fingerprint density at radius 2 is 2.28 bits per heavy atom. The van der Waals surface area contributed by atoms with Gasteiger partial charge < -0.3 is 9.84 Å². The summed E-state index contributed by atoms with van der Waals surface area (Å²) in [6.45, 7) is 8.98. The van der Waals surface area contributed by atoms with Crippen molar-refractivity contribution >= 4 is 0 Å². The van der Waals surface area contributed by atoms with E-state index >= 15 is 0 Å². The molecule has 1 aliphatic heterocycles. The average Bonchev–Trinajstić information content (AvgIpc) is 2.94. The Hall–Kier alpha value is -2.11. The third kappa shape index (κ3) is 4.11. The van der Waals surface area contributed by atoms with Crippen LogP contribution in [-0.4, -0.2) is 46.1 Å². The van der Waals surface area contributed by atoms with Gasteiger partial charge in [-0.1, -0.05) is 18.2 Å². The second kappa shape index (κ2) is 7.85. The number of rotatable bonds is 6. The molecule has 0 bridgehead atoms. The van der Waals surface area contributed by atoms with Crippen LogP contribution in [0.5, 0.6) is 5.75 Å². The highest BCUT2D eigenvalue weighted by Crippen LogP contribution is 2.31. The smallest absolute Gasteiger partial charge is 0.119 e. The molecule has 1 aliphatic rings. The molecule has 1 aromatic carbocycles. The molecule has 5 nitrogen and oxygen atoms in total. The lowest BCUT2D eigenvalue weighted by Gasteiger charge is -2.36. The van der Waals surface area contributed by atoms with Crippen molar-refractivity contribution in [2.45, 2.75) is 38.5 Å².